The Hall–Kier alpha value is -1.59. The lowest BCUT2D eigenvalue weighted by Crippen LogP contribution is -2.36. The number of aromatic nitrogens is 2. The van der Waals surface area contributed by atoms with Crippen molar-refractivity contribution >= 4 is 23.1 Å². The number of imidazole rings is 1. The number of hydrogen-bond acceptors (Lipinski definition) is 3. The number of nitrogens with zero attached hydrogens (tertiary/aromatic N) is 2. The first kappa shape index (κ1) is 13.4. The fourth-order valence-electron chi connectivity index (χ4n) is 2.77. The standard InChI is InChI=1S/C14H16ClN3O2/c15-10-5-3-7-18-11(8-9-4-1-2-6-16-9)17-12(13(10)18)14(19)20/h3,5,7,9,16H,1-2,4,6,8H2,(H,19,20). The summed E-state index contributed by atoms with van der Waals surface area (Å²) in [5.41, 5.74) is 0.508. The SMILES string of the molecule is O=C(O)c1nc(CC2CCCCN2)n2cccc(Cl)c12. The zero-order chi connectivity index (χ0) is 14.1. The van der Waals surface area contributed by atoms with Crippen LogP contribution in [-0.2, 0) is 6.42 Å². The van der Waals surface area contributed by atoms with Crippen LogP contribution in [0.2, 0.25) is 5.02 Å². The fourth-order valence-corrected chi connectivity index (χ4v) is 3.03. The number of halogens is 1. The molecule has 1 fully saturated rings. The minimum atomic E-state index is -1.04. The minimum Gasteiger partial charge on any atom is -0.476 e. The first-order valence-corrected chi connectivity index (χ1v) is 7.16. The van der Waals surface area contributed by atoms with Gasteiger partial charge >= 0.3 is 5.97 Å². The van der Waals surface area contributed by atoms with Crippen LogP contribution in [0.3, 0.4) is 0 Å². The molecule has 0 bridgehead atoms. The van der Waals surface area contributed by atoms with Crippen LogP contribution in [-0.4, -0.2) is 33.0 Å². The normalized spacial score (nSPS) is 19.4. The van der Waals surface area contributed by atoms with Gasteiger partial charge in [-0.3, -0.25) is 0 Å². The third-order valence-electron chi connectivity index (χ3n) is 3.73. The third-order valence-corrected chi connectivity index (χ3v) is 4.04. The molecule has 0 radical (unpaired) electrons. The van der Waals surface area contributed by atoms with Crippen LogP contribution in [0, 0.1) is 0 Å². The molecule has 1 atom stereocenters. The minimum absolute atomic E-state index is 0.0291. The van der Waals surface area contributed by atoms with Gasteiger partial charge in [-0.15, -0.1) is 0 Å². The van der Waals surface area contributed by atoms with E-state index in [-0.39, 0.29) is 5.69 Å². The molecular weight excluding hydrogens is 278 g/mol. The lowest BCUT2D eigenvalue weighted by molar-refractivity contribution is 0.0693. The van der Waals surface area contributed by atoms with Crippen LogP contribution in [0.25, 0.3) is 5.52 Å². The van der Waals surface area contributed by atoms with E-state index in [2.05, 4.69) is 10.3 Å². The molecule has 3 rings (SSSR count). The maximum absolute atomic E-state index is 11.3. The zero-order valence-electron chi connectivity index (χ0n) is 11.0. The summed E-state index contributed by atoms with van der Waals surface area (Å²) in [4.78, 5) is 15.6. The van der Waals surface area contributed by atoms with Crippen molar-refractivity contribution in [3.63, 3.8) is 0 Å². The van der Waals surface area contributed by atoms with Crippen molar-refractivity contribution in [2.24, 2.45) is 0 Å². The van der Waals surface area contributed by atoms with Gasteiger partial charge in [-0.2, -0.15) is 0 Å². The Labute approximate surface area is 121 Å². The van der Waals surface area contributed by atoms with E-state index in [1.54, 1.807) is 16.5 Å². The molecule has 1 aliphatic rings. The van der Waals surface area contributed by atoms with Crippen LogP contribution >= 0.6 is 11.6 Å². The molecular formula is C14H16ClN3O2. The van der Waals surface area contributed by atoms with E-state index in [1.807, 2.05) is 6.20 Å². The predicted molar refractivity (Wildman–Crippen MR) is 76.5 cm³/mol. The van der Waals surface area contributed by atoms with Gasteiger partial charge < -0.3 is 14.8 Å². The van der Waals surface area contributed by atoms with Gasteiger partial charge in [0.15, 0.2) is 5.69 Å². The van der Waals surface area contributed by atoms with Gasteiger partial charge in [0.25, 0.3) is 0 Å². The molecule has 106 valence electrons. The van der Waals surface area contributed by atoms with Gasteiger partial charge in [0.2, 0.25) is 0 Å². The average molecular weight is 294 g/mol. The number of carbonyl (C=O) groups is 1. The maximum atomic E-state index is 11.3. The smallest absolute Gasteiger partial charge is 0.356 e. The number of pyridine rings is 1. The van der Waals surface area contributed by atoms with Crippen LogP contribution in [0.4, 0.5) is 0 Å². The largest absolute Gasteiger partial charge is 0.476 e. The summed E-state index contributed by atoms with van der Waals surface area (Å²) in [5.74, 6) is -0.294. The molecule has 1 aliphatic heterocycles. The van der Waals surface area contributed by atoms with Crippen molar-refractivity contribution in [2.45, 2.75) is 31.7 Å². The Kier molecular flexibility index (Phi) is 3.63. The third kappa shape index (κ3) is 2.39. The number of carboxylic acid groups (broad SMARTS) is 1. The highest BCUT2D eigenvalue weighted by Gasteiger charge is 2.21. The highest BCUT2D eigenvalue weighted by molar-refractivity contribution is 6.34. The maximum Gasteiger partial charge on any atom is 0.356 e. The first-order valence-electron chi connectivity index (χ1n) is 6.79. The molecule has 0 spiro atoms. The quantitative estimate of drug-likeness (QED) is 0.912. The average Bonchev–Trinajstić information content (AvgIpc) is 2.81. The van der Waals surface area contributed by atoms with E-state index < -0.39 is 5.97 Å². The molecule has 1 saturated heterocycles. The van der Waals surface area contributed by atoms with E-state index >= 15 is 0 Å². The molecule has 2 N–H and O–H groups in total. The molecule has 2 aromatic heterocycles. The second kappa shape index (κ2) is 5.42. The fraction of sp³-hybridized carbons (Fsp3) is 0.429. The summed E-state index contributed by atoms with van der Waals surface area (Å²) >= 11 is 6.12. The Morgan fingerprint density at radius 3 is 3.10 bits per heavy atom. The lowest BCUT2D eigenvalue weighted by atomic mass is 10.0. The van der Waals surface area contributed by atoms with Crippen molar-refractivity contribution in [2.75, 3.05) is 6.54 Å². The van der Waals surface area contributed by atoms with Crippen LogP contribution < -0.4 is 5.32 Å². The molecule has 1 unspecified atom stereocenters. The number of fused-ring (bicyclic) bond motifs is 1. The number of rotatable bonds is 3. The number of nitrogens with one attached hydrogen (secondary N) is 1. The van der Waals surface area contributed by atoms with E-state index in [0.29, 0.717) is 16.6 Å². The summed E-state index contributed by atoms with van der Waals surface area (Å²) in [6.07, 6.45) is 6.03. The lowest BCUT2D eigenvalue weighted by Gasteiger charge is -2.22. The van der Waals surface area contributed by atoms with Crippen LogP contribution in [0.1, 0.15) is 35.6 Å². The van der Waals surface area contributed by atoms with E-state index in [9.17, 15) is 9.90 Å². The van der Waals surface area contributed by atoms with E-state index in [1.165, 1.54) is 12.8 Å². The second-order valence-corrected chi connectivity index (χ2v) is 5.51. The van der Waals surface area contributed by atoms with Gasteiger partial charge in [0, 0.05) is 18.7 Å². The van der Waals surface area contributed by atoms with Crippen molar-refractivity contribution < 1.29 is 9.90 Å². The summed E-state index contributed by atoms with van der Waals surface area (Å²) in [5, 5.41) is 13.1. The summed E-state index contributed by atoms with van der Waals surface area (Å²) in [6, 6.07) is 3.85. The first-order chi connectivity index (χ1) is 9.66. The Morgan fingerprint density at radius 2 is 2.40 bits per heavy atom. The van der Waals surface area contributed by atoms with E-state index in [0.717, 1.165) is 25.2 Å². The number of carboxylic acids is 1. The highest BCUT2D eigenvalue weighted by atomic mass is 35.5. The Bertz CT molecular complexity index is 647. The molecule has 2 aromatic rings. The summed E-state index contributed by atoms with van der Waals surface area (Å²) < 4.78 is 1.79. The number of piperidine rings is 1. The monoisotopic (exact) mass is 293 g/mol. The predicted octanol–water partition coefficient (Wildman–Crippen LogP) is 2.37. The van der Waals surface area contributed by atoms with Crippen LogP contribution in [0.15, 0.2) is 18.3 Å². The molecule has 0 saturated carbocycles. The van der Waals surface area contributed by atoms with Crippen molar-refractivity contribution in [3.8, 4) is 0 Å². The zero-order valence-corrected chi connectivity index (χ0v) is 11.7. The summed E-state index contributed by atoms with van der Waals surface area (Å²) in [6.45, 7) is 1.01. The Morgan fingerprint density at radius 1 is 1.55 bits per heavy atom. The highest BCUT2D eigenvalue weighted by Crippen LogP contribution is 2.23. The van der Waals surface area contributed by atoms with Gasteiger partial charge in [0.05, 0.1) is 10.5 Å². The molecule has 0 aromatic carbocycles. The molecule has 6 heteroatoms. The summed E-state index contributed by atoms with van der Waals surface area (Å²) in [7, 11) is 0. The molecule has 0 amide bonds. The van der Waals surface area contributed by atoms with Crippen molar-refractivity contribution in [1.82, 2.24) is 14.7 Å². The number of aromatic carboxylic acids is 1. The number of hydrogen-bond donors (Lipinski definition) is 2. The molecule has 20 heavy (non-hydrogen) atoms. The molecule has 0 aliphatic carbocycles. The van der Waals surface area contributed by atoms with Gasteiger partial charge in [-0.25, -0.2) is 9.78 Å². The second-order valence-electron chi connectivity index (χ2n) is 5.11. The van der Waals surface area contributed by atoms with Gasteiger partial charge in [0.1, 0.15) is 5.82 Å². The molecule has 5 nitrogen and oxygen atoms in total. The van der Waals surface area contributed by atoms with Gasteiger partial charge in [-0.05, 0) is 31.5 Å². The Balaban J connectivity index is 2.02. The van der Waals surface area contributed by atoms with Crippen molar-refractivity contribution in [1.29, 1.82) is 0 Å². The van der Waals surface area contributed by atoms with Gasteiger partial charge in [-0.1, -0.05) is 18.0 Å². The molecule has 3 heterocycles. The topological polar surface area (TPSA) is 66.6 Å². The van der Waals surface area contributed by atoms with E-state index in [4.69, 9.17) is 11.6 Å². The van der Waals surface area contributed by atoms with Crippen LogP contribution in [0.5, 0.6) is 0 Å². The van der Waals surface area contributed by atoms with Crippen molar-refractivity contribution in [3.05, 3.63) is 34.9 Å².